The molecule has 0 aromatic carbocycles. The summed E-state index contributed by atoms with van der Waals surface area (Å²) in [5, 5.41) is 20.0. The molecule has 6 N–H and O–H groups in total. The van der Waals surface area contributed by atoms with E-state index in [1.54, 1.807) is 13.8 Å². The zero-order valence-corrected chi connectivity index (χ0v) is 18.9. The summed E-state index contributed by atoms with van der Waals surface area (Å²) in [6.45, 7) is 3.33. The molecule has 0 radical (unpaired) electrons. The van der Waals surface area contributed by atoms with Crippen LogP contribution in [0.3, 0.4) is 0 Å². The minimum Gasteiger partial charge on any atom is -0.481 e. The number of hydrogen-bond acceptors (Lipinski definition) is 8. The highest BCUT2D eigenvalue weighted by Gasteiger charge is 2.48. The van der Waals surface area contributed by atoms with Crippen LogP contribution in [0, 0.1) is 11.8 Å². The summed E-state index contributed by atoms with van der Waals surface area (Å²) in [6, 6.07) is -3.76. The fourth-order valence-corrected chi connectivity index (χ4v) is 4.13. The van der Waals surface area contributed by atoms with Crippen molar-refractivity contribution in [3.05, 3.63) is 0 Å². The summed E-state index contributed by atoms with van der Waals surface area (Å²) in [5.74, 6) is -6.64. The first-order valence-corrected chi connectivity index (χ1v) is 11.8. The Morgan fingerprint density at radius 3 is 2.26 bits per heavy atom. The number of carbonyl (C=O) groups excluding carboxylic acids is 2. The normalized spacial score (nSPS) is 22.9. The van der Waals surface area contributed by atoms with Crippen LogP contribution in [0.1, 0.15) is 33.1 Å². The van der Waals surface area contributed by atoms with Gasteiger partial charge in [-0.2, -0.15) is 21.0 Å². The van der Waals surface area contributed by atoms with Gasteiger partial charge in [0.2, 0.25) is 11.8 Å². The molecule has 1 aliphatic heterocycles. The van der Waals surface area contributed by atoms with Gasteiger partial charge in [-0.15, -0.1) is 0 Å². The van der Waals surface area contributed by atoms with Gasteiger partial charge in [0.05, 0.1) is 16.9 Å². The predicted molar refractivity (Wildman–Crippen MR) is 112 cm³/mol. The Bertz CT molecular complexity index is 805. The number of likely N-dealkylation sites (tertiary alicyclic amines) is 1. The van der Waals surface area contributed by atoms with Crippen molar-refractivity contribution in [2.24, 2.45) is 17.6 Å². The number of nitrogens with zero attached hydrogens (tertiary/aromatic N) is 1. The number of aliphatic carboxylic acids is 2. The molecule has 12 nitrogen and oxygen atoms in total. The lowest BCUT2D eigenvalue weighted by molar-refractivity contribution is -0.156. The lowest BCUT2D eigenvalue weighted by Crippen LogP contribution is -2.57. The first-order chi connectivity index (χ1) is 14.2. The van der Waals surface area contributed by atoms with Gasteiger partial charge in [0, 0.05) is 12.6 Å². The standard InChI is InChI=1S/C17H29N3O9S2/c1-3-8(2)11(19-14(21)13(30)10(18)5-7-31(27,28)29)15(22)20-6-4-9(16(23)24)12(20)17(25)26/h8-13,30H,3-7,18H2,1-2H3,(H,19,21)(H,23,24)(H,25,26)(H,27,28,29)/t8-,9-,10+,11-,12-,13+/m0/s1. The van der Waals surface area contributed by atoms with Crippen molar-refractivity contribution in [3.8, 4) is 0 Å². The van der Waals surface area contributed by atoms with Crippen molar-refractivity contribution in [3.63, 3.8) is 0 Å². The van der Waals surface area contributed by atoms with Crippen LogP contribution in [-0.4, -0.2) is 87.5 Å². The smallest absolute Gasteiger partial charge is 0.327 e. The molecule has 1 heterocycles. The largest absolute Gasteiger partial charge is 0.481 e. The SMILES string of the molecule is CC[C@H](C)[C@H](NC(=O)[C@H](S)[C@H](N)CCS(=O)(=O)O)C(=O)N1CC[C@H](C(=O)O)[C@H]1C(=O)O. The molecule has 178 valence electrons. The Balaban J connectivity index is 3.00. The molecule has 0 aliphatic carbocycles. The Labute approximate surface area is 185 Å². The van der Waals surface area contributed by atoms with Crippen LogP contribution in [0.15, 0.2) is 0 Å². The minimum atomic E-state index is -4.28. The van der Waals surface area contributed by atoms with Crippen molar-refractivity contribution in [1.82, 2.24) is 10.2 Å². The average molecular weight is 484 g/mol. The fourth-order valence-electron chi connectivity index (χ4n) is 3.34. The molecule has 0 aromatic heterocycles. The maximum atomic E-state index is 13.1. The zero-order valence-electron chi connectivity index (χ0n) is 17.2. The number of thiol groups is 1. The third-order valence-electron chi connectivity index (χ3n) is 5.41. The highest BCUT2D eigenvalue weighted by molar-refractivity contribution is 7.85. The van der Waals surface area contributed by atoms with Crippen molar-refractivity contribution in [1.29, 1.82) is 0 Å². The van der Waals surface area contributed by atoms with Crippen LogP contribution in [0.4, 0.5) is 0 Å². The van der Waals surface area contributed by atoms with Gasteiger partial charge in [0.1, 0.15) is 12.1 Å². The Kier molecular flexibility index (Phi) is 9.72. The molecule has 31 heavy (non-hydrogen) atoms. The highest BCUT2D eigenvalue weighted by Crippen LogP contribution is 2.27. The average Bonchev–Trinajstić information content (AvgIpc) is 3.13. The Morgan fingerprint density at radius 1 is 1.23 bits per heavy atom. The van der Waals surface area contributed by atoms with Crippen LogP contribution in [-0.2, 0) is 29.3 Å². The summed E-state index contributed by atoms with van der Waals surface area (Å²) in [4.78, 5) is 49.6. The lowest BCUT2D eigenvalue weighted by atomic mass is 9.96. The Hall–Kier alpha value is -1.90. The van der Waals surface area contributed by atoms with Crippen LogP contribution in [0.5, 0.6) is 0 Å². The highest BCUT2D eigenvalue weighted by atomic mass is 32.2. The van der Waals surface area contributed by atoms with Crippen molar-refractivity contribution in [2.75, 3.05) is 12.3 Å². The molecular weight excluding hydrogens is 454 g/mol. The molecule has 14 heteroatoms. The molecule has 0 unspecified atom stereocenters. The first kappa shape index (κ1) is 27.1. The molecule has 0 aromatic rings. The van der Waals surface area contributed by atoms with E-state index in [4.69, 9.17) is 10.3 Å². The summed E-state index contributed by atoms with van der Waals surface area (Å²) in [6.07, 6.45) is 0.154. The number of hydrogen-bond donors (Lipinski definition) is 6. The van der Waals surface area contributed by atoms with E-state index < -0.39 is 74.8 Å². The topological polar surface area (TPSA) is 204 Å². The van der Waals surface area contributed by atoms with E-state index >= 15 is 0 Å². The number of rotatable bonds is 11. The van der Waals surface area contributed by atoms with E-state index in [1.807, 2.05) is 0 Å². The third-order valence-corrected chi connectivity index (χ3v) is 6.78. The summed E-state index contributed by atoms with van der Waals surface area (Å²) in [7, 11) is -4.28. The minimum absolute atomic E-state index is 0.0328. The second kappa shape index (κ2) is 11.1. The van der Waals surface area contributed by atoms with Crippen molar-refractivity contribution >= 4 is 46.5 Å². The second-order valence-electron chi connectivity index (χ2n) is 7.60. The van der Waals surface area contributed by atoms with Crippen LogP contribution in [0.25, 0.3) is 0 Å². The van der Waals surface area contributed by atoms with Gasteiger partial charge in [-0.3, -0.25) is 18.9 Å². The lowest BCUT2D eigenvalue weighted by Gasteiger charge is -2.32. The molecule has 6 atom stereocenters. The summed E-state index contributed by atoms with van der Waals surface area (Å²) < 4.78 is 30.5. The van der Waals surface area contributed by atoms with Gasteiger partial charge in [-0.1, -0.05) is 20.3 Å². The fraction of sp³-hybridized carbons (Fsp3) is 0.765. The molecule has 0 bridgehead atoms. The molecule has 0 spiro atoms. The summed E-state index contributed by atoms with van der Waals surface area (Å²) in [5.41, 5.74) is 5.77. The van der Waals surface area contributed by atoms with Crippen LogP contribution in [0.2, 0.25) is 0 Å². The van der Waals surface area contributed by atoms with Gasteiger partial charge >= 0.3 is 11.9 Å². The molecular formula is C17H29N3O9S2. The van der Waals surface area contributed by atoms with Gasteiger partial charge in [0.25, 0.3) is 10.1 Å². The van der Waals surface area contributed by atoms with Crippen molar-refractivity contribution in [2.45, 2.75) is 56.5 Å². The van der Waals surface area contributed by atoms with E-state index in [0.29, 0.717) is 6.42 Å². The molecule has 1 saturated heterocycles. The quantitative estimate of drug-likeness (QED) is 0.153. The molecule has 1 rings (SSSR count). The zero-order chi connectivity index (χ0) is 24.1. The molecule has 1 aliphatic rings. The van der Waals surface area contributed by atoms with Gasteiger partial charge < -0.3 is 26.2 Å². The maximum Gasteiger partial charge on any atom is 0.327 e. The van der Waals surface area contributed by atoms with Gasteiger partial charge in [-0.05, 0) is 18.8 Å². The number of nitrogens with one attached hydrogen (secondary N) is 1. The molecule has 0 saturated carbocycles. The third kappa shape index (κ3) is 7.33. The molecule has 2 amide bonds. The van der Waals surface area contributed by atoms with Gasteiger partial charge in [0.15, 0.2) is 0 Å². The number of amides is 2. The number of nitrogens with two attached hydrogens (primary N) is 1. The second-order valence-corrected chi connectivity index (χ2v) is 9.73. The summed E-state index contributed by atoms with van der Waals surface area (Å²) >= 11 is 4.08. The number of carbonyl (C=O) groups is 4. The van der Waals surface area contributed by atoms with E-state index in [0.717, 1.165) is 4.90 Å². The molecule has 1 fully saturated rings. The monoisotopic (exact) mass is 483 g/mol. The first-order valence-electron chi connectivity index (χ1n) is 9.66. The van der Waals surface area contributed by atoms with Crippen molar-refractivity contribution < 1.29 is 42.4 Å². The van der Waals surface area contributed by atoms with Crippen LogP contribution >= 0.6 is 12.6 Å². The Morgan fingerprint density at radius 2 is 1.81 bits per heavy atom. The van der Waals surface area contributed by atoms with Crippen LogP contribution < -0.4 is 11.1 Å². The van der Waals surface area contributed by atoms with E-state index in [2.05, 4.69) is 17.9 Å². The van der Waals surface area contributed by atoms with E-state index in [1.165, 1.54) is 0 Å². The van der Waals surface area contributed by atoms with E-state index in [9.17, 15) is 37.8 Å². The predicted octanol–water partition coefficient (Wildman–Crippen LogP) is -1.19. The van der Waals surface area contributed by atoms with Gasteiger partial charge in [-0.25, -0.2) is 4.79 Å². The maximum absolute atomic E-state index is 13.1. The van der Waals surface area contributed by atoms with E-state index in [-0.39, 0.29) is 19.4 Å². The number of carboxylic acid groups (broad SMARTS) is 2. The number of carboxylic acids is 2.